The van der Waals surface area contributed by atoms with Gasteiger partial charge in [0, 0.05) is 11.6 Å². The fraction of sp³-hybridized carbons (Fsp3) is 0.286. The van der Waals surface area contributed by atoms with E-state index < -0.39 is 6.10 Å². The van der Waals surface area contributed by atoms with Crippen molar-refractivity contribution in [3.63, 3.8) is 0 Å². The molecule has 108 valence electrons. The van der Waals surface area contributed by atoms with Gasteiger partial charge in [0.1, 0.15) is 11.9 Å². The summed E-state index contributed by atoms with van der Waals surface area (Å²) in [5, 5.41) is 12.8. The van der Waals surface area contributed by atoms with Crippen molar-refractivity contribution in [2.75, 3.05) is 21.3 Å². The summed E-state index contributed by atoms with van der Waals surface area (Å²) in [5.74, 6) is 1.67. The Labute approximate surface area is 126 Å². The number of ether oxygens (including phenoxy) is 3. The predicted molar refractivity (Wildman–Crippen MR) is 79.5 cm³/mol. The first-order valence-electron chi connectivity index (χ1n) is 5.83. The highest BCUT2D eigenvalue weighted by Crippen LogP contribution is 2.41. The first kappa shape index (κ1) is 15.0. The quantitative estimate of drug-likeness (QED) is 0.917. The highest BCUT2D eigenvalue weighted by Gasteiger charge is 2.22. The van der Waals surface area contributed by atoms with E-state index in [1.54, 1.807) is 25.3 Å². The normalized spacial score (nSPS) is 12.1. The van der Waals surface area contributed by atoms with Crippen LogP contribution in [0.4, 0.5) is 0 Å². The van der Waals surface area contributed by atoms with Crippen LogP contribution in [0.1, 0.15) is 16.5 Å². The van der Waals surface area contributed by atoms with Crippen LogP contribution in [0.25, 0.3) is 0 Å². The summed E-state index contributed by atoms with van der Waals surface area (Å²) in [6.07, 6.45) is -0.878. The first-order valence-corrected chi connectivity index (χ1v) is 7.09. The van der Waals surface area contributed by atoms with Crippen LogP contribution in [0.5, 0.6) is 17.2 Å². The van der Waals surface area contributed by atoms with Gasteiger partial charge in [-0.2, -0.15) is 0 Å². The highest BCUT2D eigenvalue weighted by molar-refractivity contribution is 7.10. The molecule has 0 saturated carbocycles. The summed E-state index contributed by atoms with van der Waals surface area (Å²) in [6.45, 7) is 0. The minimum Gasteiger partial charge on any atom is -0.495 e. The average Bonchev–Trinajstić information content (AvgIpc) is 2.94. The highest BCUT2D eigenvalue weighted by atomic mass is 35.5. The number of aliphatic hydroxyl groups excluding tert-OH is 1. The Hall–Kier alpha value is -1.43. The lowest BCUT2D eigenvalue weighted by Gasteiger charge is -2.16. The number of hydrogen-bond donors (Lipinski definition) is 1. The van der Waals surface area contributed by atoms with Crippen LogP contribution in [-0.2, 0) is 0 Å². The molecule has 0 bridgehead atoms. The summed E-state index contributed by atoms with van der Waals surface area (Å²) in [7, 11) is 4.63. The summed E-state index contributed by atoms with van der Waals surface area (Å²) < 4.78 is 15.6. The molecule has 0 amide bonds. The molecule has 2 aromatic rings. The van der Waals surface area contributed by atoms with Crippen LogP contribution in [0.3, 0.4) is 0 Å². The zero-order valence-electron chi connectivity index (χ0n) is 11.3. The van der Waals surface area contributed by atoms with Gasteiger partial charge < -0.3 is 19.3 Å². The van der Waals surface area contributed by atoms with Crippen LogP contribution in [0, 0.1) is 0 Å². The van der Waals surface area contributed by atoms with Gasteiger partial charge in [-0.25, -0.2) is 0 Å². The van der Waals surface area contributed by atoms with E-state index in [4.69, 9.17) is 25.8 Å². The van der Waals surface area contributed by atoms with Gasteiger partial charge in [0.15, 0.2) is 11.5 Å². The molecule has 0 fully saturated rings. The standard InChI is InChI=1S/C14H15ClO4S/c1-17-10-4-5-20-14(10)13(16)8-6-11(18-2)12(19-3)7-9(8)15/h4-7,13,16H,1-3H3. The Morgan fingerprint density at radius 1 is 1.05 bits per heavy atom. The summed E-state index contributed by atoms with van der Waals surface area (Å²) in [4.78, 5) is 0.696. The zero-order chi connectivity index (χ0) is 14.7. The number of aliphatic hydroxyl groups is 1. The number of halogens is 1. The maximum Gasteiger partial charge on any atom is 0.162 e. The van der Waals surface area contributed by atoms with E-state index in [2.05, 4.69) is 0 Å². The lowest BCUT2D eigenvalue weighted by molar-refractivity contribution is 0.218. The van der Waals surface area contributed by atoms with Gasteiger partial charge in [-0.05, 0) is 17.5 Å². The van der Waals surface area contributed by atoms with E-state index >= 15 is 0 Å². The molecule has 0 saturated heterocycles. The lowest BCUT2D eigenvalue weighted by Crippen LogP contribution is -2.02. The average molecular weight is 315 g/mol. The van der Waals surface area contributed by atoms with Crippen LogP contribution < -0.4 is 14.2 Å². The molecule has 4 nitrogen and oxygen atoms in total. The molecule has 1 aromatic carbocycles. The third-order valence-electron chi connectivity index (χ3n) is 2.92. The van der Waals surface area contributed by atoms with Crippen LogP contribution in [-0.4, -0.2) is 26.4 Å². The van der Waals surface area contributed by atoms with Gasteiger partial charge in [-0.3, -0.25) is 0 Å². The molecule has 20 heavy (non-hydrogen) atoms. The molecule has 1 N–H and O–H groups in total. The summed E-state index contributed by atoms with van der Waals surface area (Å²) in [6, 6.07) is 5.10. The van der Waals surface area contributed by atoms with Gasteiger partial charge >= 0.3 is 0 Å². The van der Waals surface area contributed by atoms with E-state index in [1.165, 1.54) is 25.6 Å². The van der Waals surface area contributed by atoms with E-state index in [1.807, 2.05) is 5.38 Å². The fourth-order valence-electron chi connectivity index (χ4n) is 1.90. The van der Waals surface area contributed by atoms with Crippen molar-refractivity contribution in [2.24, 2.45) is 0 Å². The number of methoxy groups -OCH3 is 3. The Balaban J connectivity index is 2.46. The Kier molecular flexibility index (Phi) is 4.75. The number of benzene rings is 1. The van der Waals surface area contributed by atoms with Crippen LogP contribution in [0.2, 0.25) is 5.02 Å². The van der Waals surface area contributed by atoms with Crippen LogP contribution >= 0.6 is 22.9 Å². The topological polar surface area (TPSA) is 47.9 Å². The summed E-state index contributed by atoms with van der Waals surface area (Å²) in [5.41, 5.74) is 0.546. The minimum atomic E-state index is -0.878. The van der Waals surface area contributed by atoms with Crippen LogP contribution in [0.15, 0.2) is 23.6 Å². The van der Waals surface area contributed by atoms with Crippen molar-refractivity contribution in [1.82, 2.24) is 0 Å². The second-order valence-electron chi connectivity index (χ2n) is 3.98. The van der Waals surface area contributed by atoms with Crippen molar-refractivity contribution >= 4 is 22.9 Å². The zero-order valence-corrected chi connectivity index (χ0v) is 12.9. The largest absolute Gasteiger partial charge is 0.495 e. The van der Waals surface area contributed by atoms with Gasteiger partial charge in [-0.1, -0.05) is 11.6 Å². The Bertz CT molecular complexity index is 597. The first-order chi connectivity index (χ1) is 9.62. The predicted octanol–water partition coefficient (Wildman–Crippen LogP) is 3.51. The second kappa shape index (κ2) is 6.35. The maximum atomic E-state index is 10.5. The van der Waals surface area contributed by atoms with E-state index in [0.29, 0.717) is 32.7 Å². The van der Waals surface area contributed by atoms with Crippen molar-refractivity contribution in [2.45, 2.75) is 6.10 Å². The smallest absolute Gasteiger partial charge is 0.162 e. The minimum absolute atomic E-state index is 0.408. The number of thiophene rings is 1. The van der Waals surface area contributed by atoms with Gasteiger partial charge in [0.25, 0.3) is 0 Å². The third-order valence-corrected chi connectivity index (χ3v) is 4.20. The van der Waals surface area contributed by atoms with Gasteiger partial charge in [0.05, 0.1) is 31.2 Å². The Morgan fingerprint density at radius 2 is 1.65 bits per heavy atom. The molecule has 0 aliphatic heterocycles. The molecule has 0 aliphatic carbocycles. The van der Waals surface area contributed by atoms with Gasteiger partial charge in [0.2, 0.25) is 0 Å². The molecule has 1 heterocycles. The molecule has 6 heteroatoms. The number of hydrogen-bond acceptors (Lipinski definition) is 5. The molecule has 1 aromatic heterocycles. The van der Waals surface area contributed by atoms with E-state index in [0.717, 1.165) is 0 Å². The second-order valence-corrected chi connectivity index (χ2v) is 5.34. The molecular weight excluding hydrogens is 300 g/mol. The van der Waals surface area contributed by atoms with E-state index in [9.17, 15) is 5.11 Å². The van der Waals surface area contributed by atoms with Crippen molar-refractivity contribution < 1.29 is 19.3 Å². The summed E-state index contributed by atoms with van der Waals surface area (Å²) >= 11 is 7.62. The maximum absolute atomic E-state index is 10.5. The Morgan fingerprint density at radius 3 is 2.25 bits per heavy atom. The van der Waals surface area contributed by atoms with Crippen molar-refractivity contribution in [3.05, 3.63) is 39.0 Å². The molecule has 2 rings (SSSR count). The number of rotatable bonds is 5. The van der Waals surface area contributed by atoms with Gasteiger partial charge in [-0.15, -0.1) is 11.3 Å². The molecule has 0 aliphatic rings. The molecule has 1 atom stereocenters. The molecule has 0 radical (unpaired) electrons. The van der Waals surface area contributed by atoms with E-state index in [-0.39, 0.29) is 0 Å². The van der Waals surface area contributed by atoms with Crippen molar-refractivity contribution in [3.8, 4) is 17.2 Å². The SMILES string of the molecule is COc1cc(Cl)c(C(O)c2sccc2OC)cc1OC. The molecule has 0 spiro atoms. The van der Waals surface area contributed by atoms with Crippen molar-refractivity contribution in [1.29, 1.82) is 0 Å². The molecule has 1 unspecified atom stereocenters. The molecular formula is C14H15ClO4S. The lowest BCUT2D eigenvalue weighted by atomic mass is 10.1. The fourth-order valence-corrected chi connectivity index (χ4v) is 3.02. The monoisotopic (exact) mass is 314 g/mol. The third kappa shape index (κ3) is 2.70.